The molecule has 0 fully saturated rings. The summed E-state index contributed by atoms with van der Waals surface area (Å²) in [6, 6.07) is 11.5. The maximum atomic E-state index is 12.3. The molecule has 0 aliphatic heterocycles. The van der Waals surface area contributed by atoms with Crippen LogP contribution in [0.5, 0.6) is 5.75 Å². The summed E-state index contributed by atoms with van der Waals surface area (Å²) in [6.07, 6.45) is 0. The maximum absolute atomic E-state index is 12.3. The second kappa shape index (κ2) is 8.13. The minimum Gasteiger partial charge on any atom is -0.492 e. The lowest BCUT2D eigenvalue weighted by molar-refractivity contribution is 0.0600. The van der Waals surface area contributed by atoms with Crippen molar-refractivity contribution in [3.8, 4) is 5.75 Å². The van der Waals surface area contributed by atoms with Crippen LogP contribution in [0.1, 0.15) is 21.5 Å². The Labute approximate surface area is 147 Å². The molecular weight excluding hydrogens is 342 g/mol. The van der Waals surface area contributed by atoms with E-state index in [1.165, 1.54) is 31.4 Å². The van der Waals surface area contributed by atoms with E-state index in [0.717, 1.165) is 16.9 Å². The second-order valence-corrected chi connectivity index (χ2v) is 7.30. The van der Waals surface area contributed by atoms with E-state index in [9.17, 15) is 13.2 Å². The standard InChI is InChI=1S/C18H21NO5S/c1-13-7-8-17(14(2)11-13)24-10-9-19-25(21,22)16-6-4-5-15(12-16)18(20)23-3/h4-8,11-12,19H,9-10H2,1-3H3. The van der Waals surface area contributed by atoms with Gasteiger partial charge in [0.2, 0.25) is 10.0 Å². The zero-order valence-corrected chi connectivity index (χ0v) is 15.2. The number of ether oxygens (including phenoxy) is 2. The molecule has 0 spiro atoms. The lowest BCUT2D eigenvalue weighted by Gasteiger charge is -2.11. The van der Waals surface area contributed by atoms with Crippen LogP contribution in [0.3, 0.4) is 0 Å². The van der Waals surface area contributed by atoms with Crippen molar-refractivity contribution in [1.29, 1.82) is 0 Å². The number of nitrogens with one attached hydrogen (secondary N) is 1. The van der Waals surface area contributed by atoms with Crippen LogP contribution < -0.4 is 9.46 Å². The monoisotopic (exact) mass is 363 g/mol. The molecule has 0 radical (unpaired) electrons. The van der Waals surface area contributed by atoms with Crippen molar-refractivity contribution in [2.45, 2.75) is 18.7 Å². The molecule has 2 aromatic rings. The summed E-state index contributed by atoms with van der Waals surface area (Å²) in [4.78, 5) is 11.5. The smallest absolute Gasteiger partial charge is 0.337 e. The van der Waals surface area contributed by atoms with E-state index in [-0.39, 0.29) is 23.6 Å². The molecule has 0 saturated carbocycles. The summed E-state index contributed by atoms with van der Waals surface area (Å²) < 4.78 is 37.3. The minimum atomic E-state index is -3.73. The molecule has 0 aromatic heterocycles. The normalized spacial score (nSPS) is 11.2. The van der Waals surface area contributed by atoms with Crippen molar-refractivity contribution >= 4 is 16.0 Å². The van der Waals surface area contributed by atoms with Gasteiger partial charge < -0.3 is 9.47 Å². The van der Waals surface area contributed by atoms with E-state index in [4.69, 9.17) is 4.74 Å². The predicted octanol–water partition coefficient (Wildman–Crippen LogP) is 2.45. The van der Waals surface area contributed by atoms with Crippen molar-refractivity contribution in [3.05, 3.63) is 59.2 Å². The van der Waals surface area contributed by atoms with Gasteiger partial charge in [-0.2, -0.15) is 0 Å². The van der Waals surface area contributed by atoms with Crippen LogP contribution in [0, 0.1) is 13.8 Å². The quantitative estimate of drug-likeness (QED) is 0.604. The fourth-order valence-electron chi connectivity index (χ4n) is 2.29. The number of carbonyl (C=O) groups is 1. The Balaban J connectivity index is 1.96. The van der Waals surface area contributed by atoms with Gasteiger partial charge in [-0.3, -0.25) is 0 Å². The van der Waals surface area contributed by atoms with Crippen LogP contribution in [0.2, 0.25) is 0 Å². The third-order valence-electron chi connectivity index (χ3n) is 3.55. The van der Waals surface area contributed by atoms with Gasteiger partial charge in [-0.15, -0.1) is 0 Å². The highest BCUT2D eigenvalue weighted by Gasteiger charge is 2.16. The topological polar surface area (TPSA) is 81.7 Å². The summed E-state index contributed by atoms with van der Waals surface area (Å²) in [5.41, 5.74) is 2.31. The number of carbonyl (C=O) groups excluding carboxylic acids is 1. The Morgan fingerprint density at radius 1 is 1.12 bits per heavy atom. The molecule has 7 heteroatoms. The largest absolute Gasteiger partial charge is 0.492 e. The molecule has 0 amide bonds. The van der Waals surface area contributed by atoms with Crippen molar-refractivity contribution < 1.29 is 22.7 Å². The molecule has 0 saturated heterocycles. The van der Waals surface area contributed by atoms with Crippen molar-refractivity contribution in [2.24, 2.45) is 0 Å². The van der Waals surface area contributed by atoms with Gasteiger partial charge in [0.05, 0.1) is 17.6 Å². The van der Waals surface area contributed by atoms with Crippen molar-refractivity contribution in [1.82, 2.24) is 4.72 Å². The Morgan fingerprint density at radius 2 is 1.88 bits per heavy atom. The molecule has 0 bridgehead atoms. The number of rotatable bonds is 7. The number of sulfonamides is 1. The Bertz CT molecular complexity index is 862. The highest BCUT2D eigenvalue weighted by Crippen LogP contribution is 2.18. The lowest BCUT2D eigenvalue weighted by atomic mass is 10.1. The molecule has 0 atom stereocenters. The van der Waals surface area contributed by atoms with Crippen LogP contribution in [0.4, 0.5) is 0 Å². The van der Waals surface area contributed by atoms with Crippen LogP contribution in [0.25, 0.3) is 0 Å². The van der Waals surface area contributed by atoms with E-state index >= 15 is 0 Å². The highest BCUT2D eigenvalue weighted by molar-refractivity contribution is 7.89. The first kappa shape index (κ1) is 19.0. The fraction of sp³-hybridized carbons (Fsp3) is 0.278. The first-order chi connectivity index (χ1) is 11.8. The molecule has 0 unspecified atom stereocenters. The SMILES string of the molecule is COC(=O)c1cccc(S(=O)(=O)NCCOc2ccc(C)cc2C)c1. The molecule has 0 heterocycles. The Hall–Kier alpha value is -2.38. The Kier molecular flexibility index (Phi) is 6.17. The lowest BCUT2D eigenvalue weighted by Crippen LogP contribution is -2.28. The average Bonchev–Trinajstić information content (AvgIpc) is 2.59. The van der Waals surface area contributed by atoms with Crippen molar-refractivity contribution in [3.63, 3.8) is 0 Å². The summed E-state index contributed by atoms with van der Waals surface area (Å²) >= 11 is 0. The van der Waals surface area contributed by atoms with Crippen LogP contribution in [0.15, 0.2) is 47.4 Å². The highest BCUT2D eigenvalue weighted by atomic mass is 32.2. The number of aryl methyl sites for hydroxylation is 2. The molecule has 2 rings (SSSR count). The predicted molar refractivity (Wildman–Crippen MR) is 94.4 cm³/mol. The van der Waals surface area contributed by atoms with Crippen molar-refractivity contribution in [2.75, 3.05) is 20.3 Å². The molecule has 134 valence electrons. The second-order valence-electron chi connectivity index (χ2n) is 5.53. The van der Waals surface area contributed by atoms with E-state index in [0.29, 0.717) is 0 Å². The minimum absolute atomic E-state index is 0.00177. The Morgan fingerprint density at radius 3 is 2.56 bits per heavy atom. The molecule has 1 N–H and O–H groups in total. The van der Waals surface area contributed by atoms with E-state index in [1.807, 2.05) is 32.0 Å². The molecule has 25 heavy (non-hydrogen) atoms. The molecular formula is C18H21NO5S. The average molecular weight is 363 g/mol. The van der Waals surface area contributed by atoms with Gasteiger partial charge in [-0.25, -0.2) is 17.9 Å². The summed E-state index contributed by atoms with van der Waals surface area (Å²) in [5.74, 6) is 0.132. The van der Waals surface area contributed by atoms with Gasteiger partial charge in [0, 0.05) is 6.54 Å². The van der Waals surface area contributed by atoms with Crippen LogP contribution in [-0.4, -0.2) is 34.6 Å². The third kappa shape index (κ3) is 5.04. The van der Waals surface area contributed by atoms with Gasteiger partial charge >= 0.3 is 5.97 Å². The molecule has 6 nitrogen and oxygen atoms in total. The molecule has 0 aliphatic carbocycles. The van der Waals surface area contributed by atoms with E-state index in [1.54, 1.807) is 0 Å². The third-order valence-corrected chi connectivity index (χ3v) is 5.01. The summed E-state index contributed by atoms with van der Waals surface area (Å²) in [7, 11) is -2.49. The van der Waals surface area contributed by atoms with Gasteiger partial charge in [0.25, 0.3) is 0 Å². The van der Waals surface area contributed by atoms with Gasteiger partial charge in [-0.1, -0.05) is 23.8 Å². The molecule has 0 aliphatic rings. The molecule has 2 aromatic carbocycles. The number of esters is 1. The van der Waals surface area contributed by atoms with Gasteiger partial charge in [-0.05, 0) is 43.7 Å². The maximum Gasteiger partial charge on any atom is 0.337 e. The van der Waals surface area contributed by atoms with Gasteiger partial charge in [0.15, 0.2) is 0 Å². The van der Waals surface area contributed by atoms with E-state index < -0.39 is 16.0 Å². The number of benzene rings is 2. The first-order valence-corrected chi connectivity index (χ1v) is 9.20. The van der Waals surface area contributed by atoms with Gasteiger partial charge in [0.1, 0.15) is 12.4 Å². The summed E-state index contributed by atoms with van der Waals surface area (Å²) in [5, 5.41) is 0. The number of methoxy groups -OCH3 is 1. The number of hydrogen-bond acceptors (Lipinski definition) is 5. The zero-order chi connectivity index (χ0) is 18.4. The number of hydrogen-bond donors (Lipinski definition) is 1. The van der Waals surface area contributed by atoms with Crippen LogP contribution in [-0.2, 0) is 14.8 Å². The van der Waals surface area contributed by atoms with Crippen LogP contribution >= 0.6 is 0 Å². The van der Waals surface area contributed by atoms with E-state index in [2.05, 4.69) is 9.46 Å². The first-order valence-electron chi connectivity index (χ1n) is 7.71. The zero-order valence-electron chi connectivity index (χ0n) is 14.4. The summed E-state index contributed by atoms with van der Waals surface area (Å²) in [6.45, 7) is 4.23. The fourth-order valence-corrected chi connectivity index (χ4v) is 3.35.